The molecule has 0 saturated carbocycles. The Bertz CT molecular complexity index is 1160. The molecule has 0 bridgehead atoms. The van der Waals surface area contributed by atoms with E-state index in [1.54, 1.807) is 30.1 Å². The van der Waals surface area contributed by atoms with Crippen LogP contribution in [0.1, 0.15) is 6.92 Å². The first-order valence-corrected chi connectivity index (χ1v) is 9.63. The van der Waals surface area contributed by atoms with E-state index in [0.717, 1.165) is 11.1 Å². The van der Waals surface area contributed by atoms with Gasteiger partial charge in [-0.05, 0) is 31.2 Å². The molecule has 0 saturated heterocycles. The van der Waals surface area contributed by atoms with Gasteiger partial charge in [0, 0.05) is 6.54 Å². The Kier molecular flexibility index (Phi) is 5.56. The van der Waals surface area contributed by atoms with E-state index < -0.39 is 0 Å². The summed E-state index contributed by atoms with van der Waals surface area (Å²) in [6.45, 7) is 2.71. The van der Waals surface area contributed by atoms with Gasteiger partial charge < -0.3 is 15.0 Å². The van der Waals surface area contributed by atoms with Crippen LogP contribution in [0, 0.1) is 0 Å². The van der Waals surface area contributed by atoms with Crippen LogP contribution in [0.5, 0.6) is 5.75 Å². The second-order valence-corrected chi connectivity index (χ2v) is 6.59. The van der Waals surface area contributed by atoms with Crippen LogP contribution in [0.15, 0.2) is 67.1 Å². The topological polar surface area (TPSA) is 85.2 Å². The molecule has 1 amide bonds. The minimum Gasteiger partial charge on any atom is -0.495 e. The van der Waals surface area contributed by atoms with Crippen LogP contribution in [0.4, 0.5) is 11.5 Å². The number of hydrogen-bond donors (Lipinski definition) is 1. The highest BCUT2D eigenvalue weighted by atomic mass is 16.5. The number of fused-ring (bicyclic) bond motifs is 1. The van der Waals surface area contributed by atoms with E-state index in [4.69, 9.17) is 4.74 Å². The summed E-state index contributed by atoms with van der Waals surface area (Å²) < 4.78 is 7.07. The molecular weight excluding hydrogens is 380 g/mol. The Morgan fingerprint density at radius 3 is 2.63 bits per heavy atom. The van der Waals surface area contributed by atoms with Crippen LogP contribution in [0.2, 0.25) is 0 Å². The molecule has 0 aliphatic rings. The Labute approximate surface area is 174 Å². The molecule has 0 radical (unpaired) electrons. The quantitative estimate of drug-likeness (QED) is 0.511. The van der Waals surface area contributed by atoms with Crippen molar-refractivity contribution in [2.24, 2.45) is 0 Å². The molecule has 2 heterocycles. The van der Waals surface area contributed by atoms with Crippen LogP contribution in [0.3, 0.4) is 0 Å². The minimum atomic E-state index is -0.163. The van der Waals surface area contributed by atoms with Gasteiger partial charge in [0.25, 0.3) is 0 Å². The van der Waals surface area contributed by atoms with Crippen LogP contribution in [-0.2, 0) is 4.79 Å². The number of carbonyl (C=O) groups is 1. The maximum atomic E-state index is 12.7. The average Bonchev–Trinajstić information content (AvgIpc) is 3.23. The number of para-hydroxylation sites is 3. The number of hydrogen-bond acceptors (Lipinski definition) is 6. The van der Waals surface area contributed by atoms with E-state index in [-0.39, 0.29) is 12.5 Å². The molecular formula is C22H22N6O2. The lowest BCUT2D eigenvalue weighted by Crippen LogP contribution is -2.34. The standard InChI is InChI=1S/C22H22N6O2/c1-3-27(14-20(29)26-18-11-7-8-12-19(18)30-2)21-17-13-25-28(22(17)24-15-23-21)16-9-5-4-6-10-16/h4-13,15H,3,14H2,1-2H3,(H,26,29). The summed E-state index contributed by atoms with van der Waals surface area (Å²) >= 11 is 0. The van der Waals surface area contributed by atoms with Gasteiger partial charge in [-0.25, -0.2) is 14.6 Å². The zero-order valence-corrected chi connectivity index (χ0v) is 16.8. The molecule has 0 spiro atoms. The fraction of sp³-hybridized carbons (Fsp3) is 0.182. The van der Waals surface area contributed by atoms with Crippen molar-refractivity contribution in [3.05, 3.63) is 67.1 Å². The van der Waals surface area contributed by atoms with Gasteiger partial charge in [0.1, 0.15) is 17.9 Å². The van der Waals surface area contributed by atoms with Crippen molar-refractivity contribution in [1.82, 2.24) is 19.7 Å². The van der Waals surface area contributed by atoms with Crippen molar-refractivity contribution in [1.29, 1.82) is 0 Å². The van der Waals surface area contributed by atoms with Gasteiger partial charge in [0.2, 0.25) is 5.91 Å². The molecule has 0 aliphatic carbocycles. The zero-order valence-electron chi connectivity index (χ0n) is 16.8. The lowest BCUT2D eigenvalue weighted by atomic mass is 10.3. The maximum absolute atomic E-state index is 12.7. The van der Waals surface area contributed by atoms with E-state index in [1.807, 2.05) is 54.3 Å². The summed E-state index contributed by atoms with van der Waals surface area (Å²) in [6, 6.07) is 17.1. The summed E-state index contributed by atoms with van der Waals surface area (Å²) in [5.41, 5.74) is 2.23. The highest BCUT2D eigenvalue weighted by Gasteiger charge is 2.18. The molecule has 0 aliphatic heterocycles. The van der Waals surface area contributed by atoms with Crippen molar-refractivity contribution in [3.8, 4) is 11.4 Å². The summed E-state index contributed by atoms with van der Waals surface area (Å²) in [7, 11) is 1.57. The summed E-state index contributed by atoms with van der Waals surface area (Å²) in [6.07, 6.45) is 3.23. The molecule has 0 fully saturated rings. The fourth-order valence-electron chi connectivity index (χ4n) is 3.29. The van der Waals surface area contributed by atoms with E-state index in [2.05, 4.69) is 20.4 Å². The highest BCUT2D eigenvalue weighted by Crippen LogP contribution is 2.26. The third-order valence-electron chi connectivity index (χ3n) is 4.74. The largest absolute Gasteiger partial charge is 0.495 e. The van der Waals surface area contributed by atoms with Crippen LogP contribution in [0.25, 0.3) is 16.7 Å². The average molecular weight is 402 g/mol. The number of methoxy groups -OCH3 is 1. The predicted molar refractivity (Wildman–Crippen MR) is 116 cm³/mol. The lowest BCUT2D eigenvalue weighted by Gasteiger charge is -2.22. The Hall–Kier alpha value is -3.94. The van der Waals surface area contributed by atoms with Crippen molar-refractivity contribution in [3.63, 3.8) is 0 Å². The van der Waals surface area contributed by atoms with E-state index in [9.17, 15) is 4.79 Å². The predicted octanol–water partition coefficient (Wildman–Crippen LogP) is 3.29. The number of aromatic nitrogens is 4. The van der Waals surface area contributed by atoms with Gasteiger partial charge in [-0.3, -0.25) is 4.79 Å². The normalized spacial score (nSPS) is 10.7. The third kappa shape index (κ3) is 3.80. The Morgan fingerprint density at radius 1 is 1.10 bits per heavy atom. The molecule has 0 unspecified atom stereocenters. The Morgan fingerprint density at radius 2 is 1.87 bits per heavy atom. The lowest BCUT2D eigenvalue weighted by molar-refractivity contribution is -0.115. The summed E-state index contributed by atoms with van der Waals surface area (Å²) in [5.74, 6) is 1.12. The molecule has 2 aromatic carbocycles. The number of nitrogens with zero attached hydrogens (tertiary/aromatic N) is 5. The number of ether oxygens (including phenoxy) is 1. The smallest absolute Gasteiger partial charge is 0.244 e. The van der Waals surface area contributed by atoms with Crippen LogP contribution < -0.4 is 15.0 Å². The van der Waals surface area contributed by atoms with Crippen molar-refractivity contribution in [2.75, 3.05) is 30.4 Å². The number of carbonyl (C=O) groups excluding carboxylic acids is 1. The first-order chi connectivity index (χ1) is 14.7. The van der Waals surface area contributed by atoms with Crippen LogP contribution >= 0.6 is 0 Å². The van der Waals surface area contributed by atoms with Crippen molar-refractivity contribution in [2.45, 2.75) is 6.92 Å². The molecule has 4 rings (SSSR count). The van der Waals surface area contributed by atoms with E-state index >= 15 is 0 Å². The molecule has 8 heteroatoms. The SMILES string of the molecule is CCN(CC(=O)Nc1ccccc1OC)c1ncnc2c1cnn2-c1ccccc1. The zero-order chi connectivity index (χ0) is 20.9. The molecule has 2 aromatic heterocycles. The second-order valence-electron chi connectivity index (χ2n) is 6.59. The number of anilines is 2. The second kappa shape index (κ2) is 8.60. The monoisotopic (exact) mass is 402 g/mol. The Balaban J connectivity index is 1.60. The van der Waals surface area contributed by atoms with Gasteiger partial charge >= 0.3 is 0 Å². The molecule has 8 nitrogen and oxygen atoms in total. The summed E-state index contributed by atoms with van der Waals surface area (Å²) in [4.78, 5) is 23.5. The van der Waals surface area contributed by atoms with Crippen molar-refractivity contribution >= 4 is 28.4 Å². The van der Waals surface area contributed by atoms with Crippen LogP contribution in [-0.4, -0.2) is 45.9 Å². The highest BCUT2D eigenvalue weighted by molar-refractivity contribution is 5.97. The van der Waals surface area contributed by atoms with E-state index in [0.29, 0.717) is 29.4 Å². The molecule has 1 N–H and O–H groups in total. The van der Waals surface area contributed by atoms with Crippen molar-refractivity contribution < 1.29 is 9.53 Å². The number of benzene rings is 2. The molecule has 30 heavy (non-hydrogen) atoms. The van der Waals surface area contributed by atoms with Gasteiger partial charge in [-0.1, -0.05) is 30.3 Å². The molecule has 152 valence electrons. The van der Waals surface area contributed by atoms with Gasteiger partial charge in [-0.2, -0.15) is 5.10 Å². The number of likely N-dealkylation sites (N-methyl/N-ethyl adjacent to an activating group) is 1. The maximum Gasteiger partial charge on any atom is 0.244 e. The van der Waals surface area contributed by atoms with Gasteiger partial charge in [0.15, 0.2) is 5.65 Å². The van der Waals surface area contributed by atoms with Gasteiger partial charge in [0.05, 0.1) is 36.6 Å². The van der Waals surface area contributed by atoms with Gasteiger partial charge in [-0.15, -0.1) is 0 Å². The third-order valence-corrected chi connectivity index (χ3v) is 4.74. The number of rotatable bonds is 7. The minimum absolute atomic E-state index is 0.136. The van der Waals surface area contributed by atoms with E-state index in [1.165, 1.54) is 6.33 Å². The number of nitrogens with one attached hydrogen (secondary N) is 1. The molecule has 4 aromatic rings. The first kappa shape index (κ1) is 19.4. The summed E-state index contributed by atoms with van der Waals surface area (Å²) in [5, 5.41) is 8.17. The molecule has 0 atom stereocenters. The first-order valence-electron chi connectivity index (χ1n) is 9.63. The number of amides is 1. The fourth-order valence-corrected chi connectivity index (χ4v) is 3.29.